The molecule has 1 aliphatic carbocycles. The predicted molar refractivity (Wildman–Crippen MR) is 55.1 cm³/mol. The van der Waals surface area contributed by atoms with Crippen molar-refractivity contribution in [3.05, 3.63) is 12.4 Å². The Morgan fingerprint density at radius 3 is 2.86 bits per heavy atom. The first-order valence-electron chi connectivity index (χ1n) is 5.13. The lowest BCUT2D eigenvalue weighted by atomic mass is 10.0. The highest BCUT2D eigenvalue weighted by molar-refractivity contribution is 5.38. The zero-order chi connectivity index (χ0) is 10.0. The number of hydrogen-bond acceptors (Lipinski definition) is 3. The summed E-state index contributed by atoms with van der Waals surface area (Å²) in [5, 5.41) is 17.3. The van der Waals surface area contributed by atoms with E-state index < -0.39 is 5.60 Å². The van der Waals surface area contributed by atoms with Gasteiger partial charge >= 0.3 is 0 Å². The van der Waals surface area contributed by atoms with Gasteiger partial charge in [-0.3, -0.25) is 4.68 Å². The number of aryl methyl sites for hydroxylation is 1. The summed E-state index contributed by atoms with van der Waals surface area (Å²) in [4.78, 5) is 0. The molecular formula is C10H17N3O. The van der Waals surface area contributed by atoms with Crippen LogP contribution in [0.1, 0.15) is 25.7 Å². The Morgan fingerprint density at radius 2 is 2.29 bits per heavy atom. The van der Waals surface area contributed by atoms with Crippen molar-refractivity contribution < 1.29 is 5.11 Å². The molecule has 1 fully saturated rings. The van der Waals surface area contributed by atoms with Gasteiger partial charge in [-0.15, -0.1) is 0 Å². The average molecular weight is 195 g/mol. The summed E-state index contributed by atoms with van der Waals surface area (Å²) in [5.74, 6) is 0. The zero-order valence-corrected chi connectivity index (χ0v) is 8.53. The molecule has 1 aliphatic rings. The predicted octanol–water partition coefficient (Wildman–Crippen LogP) is 1.14. The number of aromatic nitrogens is 2. The van der Waals surface area contributed by atoms with Gasteiger partial charge in [0.25, 0.3) is 0 Å². The number of anilines is 1. The molecule has 0 radical (unpaired) electrons. The van der Waals surface area contributed by atoms with Crippen molar-refractivity contribution in [2.45, 2.75) is 31.3 Å². The summed E-state index contributed by atoms with van der Waals surface area (Å²) in [6.45, 7) is 0.638. The molecule has 0 saturated heterocycles. The van der Waals surface area contributed by atoms with E-state index in [2.05, 4.69) is 10.4 Å². The Morgan fingerprint density at radius 1 is 1.57 bits per heavy atom. The molecule has 4 nitrogen and oxygen atoms in total. The van der Waals surface area contributed by atoms with Crippen LogP contribution < -0.4 is 5.32 Å². The van der Waals surface area contributed by atoms with Gasteiger partial charge in [0.15, 0.2) is 0 Å². The van der Waals surface area contributed by atoms with E-state index in [4.69, 9.17) is 0 Å². The quantitative estimate of drug-likeness (QED) is 0.760. The molecule has 2 N–H and O–H groups in total. The topological polar surface area (TPSA) is 50.1 Å². The summed E-state index contributed by atoms with van der Waals surface area (Å²) in [6.07, 6.45) is 7.81. The second kappa shape index (κ2) is 3.61. The number of rotatable bonds is 3. The highest BCUT2D eigenvalue weighted by Gasteiger charge is 2.30. The summed E-state index contributed by atoms with van der Waals surface area (Å²) in [7, 11) is 1.88. The van der Waals surface area contributed by atoms with E-state index in [9.17, 15) is 5.11 Å². The van der Waals surface area contributed by atoms with Crippen LogP contribution in [0.4, 0.5) is 5.69 Å². The Kier molecular flexibility index (Phi) is 2.46. The molecule has 1 heterocycles. The second-order valence-electron chi connectivity index (χ2n) is 4.19. The van der Waals surface area contributed by atoms with Gasteiger partial charge in [-0.1, -0.05) is 12.8 Å². The number of aliphatic hydroxyl groups is 1. The van der Waals surface area contributed by atoms with E-state index >= 15 is 0 Å². The minimum Gasteiger partial charge on any atom is -0.388 e. The smallest absolute Gasteiger partial charge is 0.0819 e. The fourth-order valence-corrected chi connectivity index (χ4v) is 1.99. The van der Waals surface area contributed by atoms with Crippen molar-refractivity contribution in [3.63, 3.8) is 0 Å². The molecule has 14 heavy (non-hydrogen) atoms. The SMILES string of the molecule is Cn1cc(NCC2(O)CCCC2)cn1. The van der Waals surface area contributed by atoms with Crippen molar-refractivity contribution >= 4 is 5.69 Å². The summed E-state index contributed by atoms with van der Waals surface area (Å²) in [6, 6.07) is 0. The summed E-state index contributed by atoms with van der Waals surface area (Å²) >= 11 is 0. The molecule has 2 rings (SSSR count). The van der Waals surface area contributed by atoms with E-state index in [0.29, 0.717) is 6.54 Å². The lowest BCUT2D eigenvalue weighted by Gasteiger charge is -2.22. The van der Waals surface area contributed by atoms with E-state index in [0.717, 1.165) is 31.4 Å². The molecule has 78 valence electrons. The average Bonchev–Trinajstić information content (AvgIpc) is 2.73. The Balaban J connectivity index is 1.87. The molecule has 0 unspecified atom stereocenters. The lowest BCUT2D eigenvalue weighted by molar-refractivity contribution is 0.0615. The van der Waals surface area contributed by atoms with Gasteiger partial charge in [0.2, 0.25) is 0 Å². The summed E-state index contributed by atoms with van der Waals surface area (Å²) in [5.41, 5.74) is 0.489. The van der Waals surface area contributed by atoms with Crippen LogP contribution in [0, 0.1) is 0 Å². The van der Waals surface area contributed by atoms with Crippen molar-refractivity contribution in [3.8, 4) is 0 Å². The fourth-order valence-electron chi connectivity index (χ4n) is 1.99. The Bertz CT molecular complexity index is 302. The zero-order valence-electron chi connectivity index (χ0n) is 8.53. The minimum atomic E-state index is -0.490. The fraction of sp³-hybridized carbons (Fsp3) is 0.700. The van der Waals surface area contributed by atoms with Gasteiger partial charge in [-0.05, 0) is 12.8 Å². The highest BCUT2D eigenvalue weighted by atomic mass is 16.3. The Hall–Kier alpha value is -1.03. The van der Waals surface area contributed by atoms with Crippen LogP contribution in [0.5, 0.6) is 0 Å². The molecule has 0 aromatic carbocycles. The second-order valence-corrected chi connectivity index (χ2v) is 4.19. The molecule has 4 heteroatoms. The molecule has 1 aromatic heterocycles. The molecule has 0 atom stereocenters. The molecule has 0 aliphatic heterocycles. The monoisotopic (exact) mass is 195 g/mol. The normalized spacial score (nSPS) is 19.9. The van der Waals surface area contributed by atoms with Gasteiger partial charge in [0.1, 0.15) is 0 Å². The molecule has 0 bridgehead atoms. The van der Waals surface area contributed by atoms with Gasteiger partial charge in [0, 0.05) is 19.8 Å². The van der Waals surface area contributed by atoms with Gasteiger partial charge < -0.3 is 10.4 Å². The standard InChI is InChI=1S/C10H17N3O/c1-13-7-9(6-12-13)11-8-10(14)4-2-3-5-10/h6-7,11,14H,2-5,8H2,1H3. The van der Waals surface area contributed by atoms with E-state index in [1.165, 1.54) is 0 Å². The van der Waals surface area contributed by atoms with Gasteiger partial charge in [0.05, 0.1) is 17.5 Å². The van der Waals surface area contributed by atoms with Crippen LogP contribution >= 0.6 is 0 Å². The number of nitrogens with one attached hydrogen (secondary N) is 1. The maximum Gasteiger partial charge on any atom is 0.0819 e. The third kappa shape index (κ3) is 2.07. The van der Waals surface area contributed by atoms with E-state index in [1.807, 2.05) is 13.2 Å². The molecule has 1 aromatic rings. The Labute approximate surface area is 83.9 Å². The van der Waals surface area contributed by atoms with Crippen molar-refractivity contribution in [1.29, 1.82) is 0 Å². The van der Waals surface area contributed by atoms with Crippen LogP contribution in [0.3, 0.4) is 0 Å². The summed E-state index contributed by atoms with van der Waals surface area (Å²) < 4.78 is 1.75. The van der Waals surface area contributed by atoms with Crippen LogP contribution in [-0.4, -0.2) is 27.0 Å². The third-order valence-electron chi connectivity index (χ3n) is 2.86. The van der Waals surface area contributed by atoms with Crippen LogP contribution in [0.2, 0.25) is 0 Å². The molecule has 0 spiro atoms. The van der Waals surface area contributed by atoms with Crippen LogP contribution in [-0.2, 0) is 7.05 Å². The maximum atomic E-state index is 10.1. The van der Waals surface area contributed by atoms with Gasteiger partial charge in [-0.25, -0.2) is 0 Å². The minimum absolute atomic E-state index is 0.490. The number of hydrogen-bond donors (Lipinski definition) is 2. The van der Waals surface area contributed by atoms with Crippen LogP contribution in [0.25, 0.3) is 0 Å². The van der Waals surface area contributed by atoms with Crippen molar-refractivity contribution in [2.24, 2.45) is 7.05 Å². The maximum absolute atomic E-state index is 10.1. The van der Waals surface area contributed by atoms with Crippen molar-refractivity contribution in [2.75, 3.05) is 11.9 Å². The van der Waals surface area contributed by atoms with Crippen LogP contribution in [0.15, 0.2) is 12.4 Å². The first kappa shape index (κ1) is 9.52. The third-order valence-corrected chi connectivity index (χ3v) is 2.86. The largest absolute Gasteiger partial charge is 0.388 e. The van der Waals surface area contributed by atoms with E-state index in [-0.39, 0.29) is 0 Å². The van der Waals surface area contributed by atoms with E-state index in [1.54, 1.807) is 10.9 Å². The van der Waals surface area contributed by atoms with Crippen molar-refractivity contribution in [1.82, 2.24) is 9.78 Å². The number of nitrogens with zero attached hydrogens (tertiary/aromatic N) is 2. The molecule has 1 saturated carbocycles. The first-order chi connectivity index (χ1) is 6.68. The molecular weight excluding hydrogens is 178 g/mol. The highest BCUT2D eigenvalue weighted by Crippen LogP contribution is 2.29. The molecule has 0 amide bonds. The van der Waals surface area contributed by atoms with Gasteiger partial charge in [-0.2, -0.15) is 5.10 Å². The first-order valence-corrected chi connectivity index (χ1v) is 5.13. The lowest BCUT2D eigenvalue weighted by Crippen LogP contribution is -2.33.